The zero-order valence-electron chi connectivity index (χ0n) is 17.2. The molecule has 0 spiro atoms. The van der Waals surface area contributed by atoms with Gasteiger partial charge in [0.2, 0.25) is 10.0 Å². The van der Waals surface area contributed by atoms with Crippen LogP contribution in [0.15, 0.2) is 47.5 Å². The molecule has 1 saturated heterocycles. The molecule has 1 aliphatic rings. The number of imidazole rings is 1. The second kappa shape index (κ2) is 9.13. The lowest BCUT2D eigenvalue weighted by Crippen LogP contribution is -2.40. The topological polar surface area (TPSA) is 104 Å². The molecule has 0 bridgehead atoms. The van der Waals surface area contributed by atoms with Gasteiger partial charge in [-0.15, -0.1) is 0 Å². The molecule has 0 atom stereocenters. The molecule has 0 amide bonds. The van der Waals surface area contributed by atoms with Crippen molar-refractivity contribution >= 4 is 27.0 Å². The van der Waals surface area contributed by atoms with Crippen LogP contribution in [0.5, 0.6) is 0 Å². The van der Waals surface area contributed by atoms with E-state index in [4.69, 9.17) is 9.47 Å². The van der Waals surface area contributed by atoms with Crippen molar-refractivity contribution in [2.24, 2.45) is 0 Å². The third-order valence-corrected chi connectivity index (χ3v) is 6.95. The van der Waals surface area contributed by atoms with E-state index in [1.165, 1.54) is 10.5 Å². The molecule has 2 aromatic heterocycles. The summed E-state index contributed by atoms with van der Waals surface area (Å²) in [4.78, 5) is 21.0. The summed E-state index contributed by atoms with van der Waals surface area (Å²) in [6.07, 6.45) is 2.37. The number of esters is 1. The number of nitrogens with zero attached hydrogens (tertiary/aromatic N) is 4. The van der Waals surface area contributed by atoms with E-state index in [1.54, 1.807) is 36.4 Å². The van der Waals surface area contributed by atoms with Crippen LogP contribution >= 0.6 is 0 Å². The van der Waals surface area contributed by atoms with Crippen LogP contribution in [0, 0.1) is 0 Å². The minimum atomic E-state index is -3.62. The lowest BCUT2D eigenvalue weighted by Gasteiger charge is -2.26. The summed E-state index contributed by atoms with van der Waals surface area (Å²) in [7, 11) is -3.62. The van der Waals surface area contributed by atoms with Gasteiger partial charge in [-0.25, -0.2) is 23.2 Å². The average molecular weight is 445 g/mol. The molecule has 9 nitrogen and oxygen atoms in total. The summed E-state index contributed by atoms with van der Waals surface area (Å²) in [6, 6.07) is 9.96. The Morgan fingerprint density at radius 3 is 2.71 bits per heavy atom. The summed E-state index contributed by atoms with van der Waals surface area (Å²) in [5.74, 6) is 0.0216. The Balaban J connectivity index is 1.62. The predicted molar refractivity (Wildman–Crippen MR) is 113 cm³/mol. The van der Waals surface area contributed by atoms with Crippen LogP contribution in [-0.4, -0.2) is 59.5 Å². The number of hydrogen-bond donors (Lipinski definition) is 0. The minimum Gasteiger partial charge on any atom is -0.453 e. The molecular weight excluding hydrogens is 420 g/mol. The molecule has 1 aromatic carbocycles. The first kappa shape index (κ1) is 21.4. The van der Waals surface area contributed by atoms with E-state index >= 15 is 0 Å². The number of hydrogen-bond acceptors (Lipinski definition) is 7. The number of pyridine rings is 1. The van der Waals surface area contributed by atoms with Gasteiger partial charge in [0.1, 0.15) is 18.1 Å². The number of carbonyl (C=O) groups is 1. The van der Waals surface area contributed by atoms with Gasteiger partial charge in [0.15, 0.2) is 0 Å². The van der Waals surface area contributed by atoms with E-state index in [1.807, 2.05) is 11.5 Å². The van der Waals surface area contributed by atoms with Crippen molar-refractivity contribution in [1.82, 2.24) is 18.8 Å². The summed E-state index contributed by atoms with van der Waals surface area (Å²) in [6.45, 7) is 4.11. The molecular formula is C21H24N4O5S. The molecule has 0 unspecified atom stereocenters. The molecule has 10 heteroatoms. The number of aromatic nitrogens is 3. The van der Waals surface area contributed by atoms with Gasteiger partial charge in [0, 0.05) is 25.8 Å². The third-order valence-electron chi connectivity index (χ3n) is 5.06. The van der Waals surface area contributed by atoms with Gasteiger partial charge in [0.25, 0.3) is 0 Å². The highest BCUT2D eigenvalue weighted by Crippen LogP contribution is 2.24. The number of fused-ring (bicyclic) bond motifs is 1. The smallest absolute Gasteiger partial charge is 0.357 e. The summed E-state index contributed by atoms with van der Waals surface area (Å²) in [5.41, 5.74) is 1.57. The number of aryl methyl sites for hydroxylation is 1. The summed E-state index contributed by atoms with van der Waals surface area (Å²) >= 11 is 0. The molecule has 31 heavy (non-hydrogen) atoms. The van der Waals surface area contributed by atoms with Crippen LogP contribution < -0.4 is 0 Å². The normalized spacial score (nSPS) is 15.3. The Morgan fingerprint density at radius 1 is 1.19 bits per heavy atom. The fourth-order valence-electron chi connectivity index (χ4n) is 3.53. The first-order valence-corrected chi connectivity index (χ1v) is 11.6. The van der Waals surface area contributed by atoms with Gasteiger partial charge in [0.05, 0.1) is 29.1 Å². The number of sulfonamides is 1. The number of rotatable bonds is 7. The molecule has 0 N–H and O–H groups in total. The van der Waals surface area contributed by atoms with Crippen LogP contribution in [0.1, 0.15) is 29.7 Å². The zero-order valence-corrected chi connectivity index (χ0v) is 18.0. The van der Waals surface area contributed by atoms with Crippen molar-refractivity contribution < 1.29 is 22.7 Å². The fourth-order valence-corrected chi connectivity index (χ4v) is 4.96. The molecule has 4 rings (SSSR count). The first-order valence-electron chi connectivity index (χ1n) is 10.2. The van der Waals surface area contributed by atoms with Crippen molar-refractivity contribution in [3.63, 3.8) is 0 Å². The quantitative estimate of drug-likeness (QED) is 0.515. The standard InChI is InChI=1S/C21H24N4O5S/c1-2-9-25-19-7-6-16(31(27,28)24-10-12-29-13-11-24)14-18(19)23-20(25)15-30-21(26)17-5-3-4-8-22-17/h3-8,14H,2,9-13,15H2,1H3. The van der Waals surface area contributed by atoms with E-state index in [0.717, 1.165) is 11.9 Å². The lowest BCUT2D eigenvalue weighted by molar-refractivity contribution is 0.0451. The van der Waals surface area contributed by atoms with Crippen LogP contribution in [0.2, 0.25) is 0 Å². The molecule has 3 aromatic rings. The van der Waals surface area contributed by atoms with E-state index in [9.17, 15) is 13.2 Å². The maximum atomic E-state index is 13.0. The maximum absolute atomic E-state index is 13.0. The van der Waals surface area contributed by atoms with E-state index < -0.39 is 16.0 Å². The fraction of sp³-hybridized carbons (Fsp3) is 0.381. The average Bonchev–Trinajstić information content (AvgIpc) is 3.15. The van der Waals surface area contributed by atoms with Gasteiger partial charge < -0.3 is 14.0 Å². The monoisotopic (exact) mass is 444 g/mol. The van der Waals surface area contributed by atoms with Crippen LogP contribution in [0.25, 0.3) is 11.0 Å². The van der Waals surface area contributed by atoms with Crippen molar-refractivity contribution in [2.75, 3.05) is 26.3 Å². The van der Waals surface area contributed by atoms with Gasteiger partial charge in [-0.3, -0.25) is 0 Å². The minimum absolute atomic E-state index is 0.0321. The number of morpholine rings is 1. The lowest BCUT2D eigenvalue weighted by atomic mass is 10.3. The molecule has 0 saturated carbocycles. The molecule has 1 fully saturated rings. The highest BCUT2D eigenvalue weighted by atomic mass is 32.2. The van der Waals surface area contributed by atoms with Gasteiger partial charge in [-0.05, 0) is 36.8 Å². The van der Waals surface area contributed by atoms with E-state index in [0.29, 0.717) is 44.2 Å². The number of carbonyl (C=O) groups excluding carboxylic acids is 1. The number of ether oxygens (including phenoxy) is 2. The Labute approximate surface area is 180 Å². The Morgan fingerprint density at radius 2 is 2.00 bits per heavy atom. The SMILES string of the molecule is CCCn1c(COC(=O)c2ccccn2)nc2cc(S(=O)(=O)N3CCOCC3)ccc21. The van der Waals surface area contributed by atoms with Crippen molar-refractivity contribution in [3.05, 3.63) is 54.1 Å². The molecule has 1 aliphatic heterocycles. The third kappa shape index (κ3) is 4.46. The second-order valence-electron chi connectivity index (χ2n) is 7.14. The molecule has 164 valence electrons. The molecule has 3 heterocycles. The van der Waals surface area contributed by atoms with Crippen molar-refractivity contribution in [1.29, 1.82) is 0 Å². The van der Waals surface area contributed by atoms with E-state index in [-0.39, 0.29) is 17.2 Å². The van der Waals surface area contributed by atoms with Gasteiger partial charge in [-0.2, -0.15) is 4.31 Å². The van der Waals surface area contributed by atoms with Gasteiger partial charge >= 0.3 is 5.97 Å². The Kier molecular flexibility index (Phi) is 6.30. The first-order chi connectivity index (χ1) is 15.0. The van der Waals surface area contributed by atoms with Crippen molar-refractivity contribution in [3.8, 4) is 0 Å². The highest BCUT2D eigenvalue weighted by molar-refractivity contribution is 7.89. The maximum Gasteiger partial charge on any atom is 0.357 e. The number of benzene rings is 1. The summed E-state index contributed by atoms with van der Waals surface area (Å²) < 4.78 is 40.0. The Bertz CT molecular complexity index is 1170. The van der Waals surface area contributed by atoms with E-state index in [2.05, 4.69) is 9.97 Å². The van der Waals surface area contributed by atoms with Crippen molar-refractivity contribution in [2.45, 2.75) is 31.4 Å². The molecule has 0 aliphatic carbocycles. The largest absolute Gasteiger partial charge is 0.453 e. The summed E-state index contributed by atoms with van der Waals surface area (Å²) in [5, 5.41) is 0. The second-order valence-corrected chi connectivity index (χ2v) is 9.08. The van der Waals surface area contributed by atoms with Crippen LogP contribution in [0.3, 0.4) is 0 Å². The zero-order chi connectivity index (χ0) is 21.8. The molecule has 0 radical (unpaired) electrons. The van der Waals surface area contributed by atoms with Gasteiger partial charge in [-0.1, -0.05) is 13.0 Å². The predicted octanol–water partition coefficient (Wildman–Crippen LogP) is 2.22. The van der Waals surface area contributed by atoms with Crippen LogP contribution in [0.4, 0.5) is 0 Å². The Hall–Kier alpha value is -2.82. The van der Waals surface area contributed by atoms with Crippen LogP contribution in [-0.2, 0) is 32.6 Å². The highest BCUT2D eigenvalue weighted by Gasteiger charge is 2.27.